The Bertz CT molecular complexity index is 569. The third kappa shape index (κ3) is 4.03. The molecule has 6 heteroatoms. The van der Waals surface area contributed by atoms with Crippen LogP contribution >= 0.6 is 22.9 Å². The smallest absolute Gasteiger partial charge is 0.250 e. The van der Waals surface area contributed by atoms with Crippen LogP contribution in [0.4, 0.5) is 5.69 Å². The van der Waals surface area contributed by atoms with Crippen molar-refractivity contribution in [3.05, 3.63) is 35.3 Å². The van der Waals surface area contributed by atoms with Gasteiger partial charge in [0.05, 0.1) is 11.6 Å². The van der Waals surface area contributed by atoms with Crippen LogP contribution in [0.3, 0.4) is 0 Å². The number of nitrogens with one attached hydrogen (secondary N) is 1. The van der Waals surface area contributed by atoms with Gasteiger partial charge >= 0.3 is 0 Å². The minimum atomic E-state index is -0.154. The summed E-state index contributed by atoms with van der Waals surface area (Å²) in [5.41, 5.74) is 2.63. The molecule has 1 amide bonds. The van der Waals surface area contributed by atoms with Gasteiger partial charge in [0.25, 0.3) is 0 Å². The van der Waals surface area contributed by atoms with Gasteiger partial charge in [-0.3, -0.25) is 4.79 Å². The van der Waals surface area contributed by atoms with E-state index in [1.165, 1.54) is 0 Å². The van der Waals surface area contributed by atoms with E-state index in [-0.39, 0.29) is 12.5 Å². The molecule has 0 spiro atoms. The van der Waals surface area contributed by atoms with Crippen LogP contribution in [0.15, 0.2) is 29.6 Å². The number of hydrogen-bond acceptors (Lipinski definition) is 4. The lowest BCUT2D eigenvalue weighted by Gasteiger charge is -2.05. The first-order valence-corrected chi connectivity index (χ1v) is 7.62. The highest BCUT2D eigenvalue weighted by molar-refractivity contribution is 7.13. The molecule has 0 aliphatic rings. The number of amides is 1. The Morgan fingerprint density at radius 2 is 2.15 bits per heavy atom. The fraction of sp³-hybridized carbons (Fsp3) is 0.286. The largest absolute Gasteiger partial charge is 0.372 e. The first-order chi connectivity index (χ1) is 9.72. The zero-order valence-electron chi connectivity index (χ0n) is 11.1. The Balaban J connectivity index is 2.00. The molecule has 0 saturated carbocycles. The number of alkyl halides is 1. The van der Waals surface area contributed by atoms with E-state index in [4.69, 9.17) is 16.3 Å². The standard InChI is InChI=1S/C14H15ClN2O2S/c1-2-19-8-13(18)16-11-5-3-10(4-6-11)14-17-12(7-15)9-20-14/h3-6,9H,2,7-8H2,1H3,(H,16,18). The highest BCUT2D eigenvalue weighted by Crippen LogP contribution is 2.25. The summed E-state index contributed by atoms with van der Waals surface area (Å²) in [4.78, 5) is 15.9. The molecule has 0 saturated heterocycles. The summed E-state index contributed by atoms with van der Waals surface area (Å²) in [6.45, 7) is 2.45. The van der Waals surface area contributed by atoms with Gasteiger partial charge in [0.15, 0.2) is 0 Å². The molecule has 1 aromatic heterocycles. The van der Waals surface area contributed by atoms with E-state index in [1.54, 1.807) is 11.3 Å². The molecule has 0 unspecified atom stereocenters. The average molecular weight is 311 g/mol. The molecule has 0 atom stereocenters. The predicted molar refractivity (Wildman–Crippen MR) is 82.2 cm³/mol. The maximum absolute atomic E-state index is 11.5. The highest BCUT2D eigenvalue weighted by atomic mass is 35.5. The lowest BCUT2D eigenvalue weighted by molar-refractivity contribution is -0.120. The maximum atomic E-state index is 11.5. The number of nitrogens with zero attached hydrogens (tertiary/aromatic N) is 1. The van der Waals surface area contributed by atoms with Crippen molar-refractivity contribution in [3.63, 3.8) is 0 Å². The average Bonchev–Trinajstić information content (AvgIpc) is 2.95. The van der Waals surface area contributed by atoms with Gasteiger partial charge in [-0.15, -0.1) is 22.9 Å². The second-order valence-corrected chi connectivity index (χ2v) is 5.17. The number of ether oxygens (including phenoxy) is 1. The fourth-order valence-corrected chi connectivity index (χ4v) is 2.64. The van der Waals surface area contributed by atoms with Crippen molar-refractivity contribution in [1.82, 2.24) is 4.98 Å². The van der Waals surface area contributed by atoms with Crippen molar-refractivity contribution >= 4 is 34.5 Å². The minimum absolute atomic E-state index is 0.0732. The van der Waals surface area contributed by atoms with Crippen LogP contribution in [0.5, 0.6) is 0 Å². The van der Waals surface area contributed by atoms with E-state index < -0.39 is 0 Å². The third-order valence-electron chi connectivity index (χ3n) is 2.54. The number of thiazole rings is 1. The van der Waals surface area contributed by atoms with Crippen LogP contribution in [-0.2, 0) is 15.4 Å². The van der Waals surface area contributed by atoms with E-state index in [0.29, 0.717) is 12.5 Å². The topological polar surface area (TPSA) is 51.2 Å². The molecule has 1 N–H and O–H groups in total. The second kappa shape index (κ2) is 7.38. The van der Waals surface area contributed by atoms with Gasteiger partial charge < -0.3 is 10.1 Å². The maximum Gasteiger partial charge on any atom is 0.250 e. The molecule has 2 rings (SSSR count). The number of benzene rings is 1. The van der Waals surface area contributed by atoms with E-state index in [2.05, 4.69) is 10.3 Å². The van der Waals surface area contributed by atoms with Gasteiger partial charge in [-0.25, -0.2) is 4.98 Å². The molecule has 0 aliphatic carbocycles. The van der Waals surface area contributed by atoms with Crippen LogP contribution in [-0.4, -0.2) is 24.1 Å². The highest BCUT2D eigenvalue weighted by Gasteiger charge is 2.05. The van der Waals surface area contributed by atoms with Crippen molar-refractivity contribution in [2.24, 2.45) is 0 Å². The fourth-order valence-electron chi connectivity index (χ4n) is 1.59. The van der Waals surface area contributed by atoms with Crippen LogP contribution in [0.25, 0.3) is 10.6 Å². The molecule has 106 valence electrons. The number of anilines is 1. The monoisotopic (exact) mass is 310 g/mol. The normalized spacial score (nSPS) is 10.5. The van der Waals surface area contributed by atoms with E-state index >= 15 is 0 Å². The van der Waals surface area contributed by atoms with Crippen LogP contribution in [0.1, 0.15) is 12.6 Å². The Hall–Kier alpha value is -1.43. The molecule has 1 heterocycles. The molecule has 0 aliphatic heterocycles. The summed E-state index contributed by atoms with van der Waals surface area (Å²) in [6, 6.07) is 7.54. The second-order valence-electron chi connectivity index (χ2n) is 4.04. The van der Waals surface area contributed by atoms with Gasteiger partial charge in [-0.1, -0.05) is 0 Å². The number of hydrogen-bond donors (Lipinski definition) is 1. The van der Waals surface area contributed by atoms with Gasteiger partial charge in [0.2, 0.25) is 5.91 Å². The molecule has 0 fully saturated rings. The van der Waals surface area contributed by atoms with Gasteiger partial charge in [0, 0.05) is 23.2 Å². The Kier molecular flexibility index (Phi) is 5.52. The predicted octanol–water partition coefficient (Wildman–Crippen LogP) is 3.52. The molecule has 1 aromatic carbocycles. The molecular weight excluding hydrogens is 296 g/mol. The molecule has 0 radical (unpaired) electrons. The van der Waals surface area contributed by atoms with Gasteiger partial charge in [0.1, 0.15) is 11.6 Å². The number of carbonyl (C=O) groups is 1. The Morgan fingerprint density at radius 1 is 1.40 bits per heavy atom. The Labute approximate surface area is 126 Å². The van der Waals surface area contributed by atoms with E-state index in [0.717, 1.165) is 22.0 Å². The molecule has 4 nitrogen and oxygen atoms in total. The number of rotatable bonds is 6. The van der Waals surface area contributed by atoms with Gasteiger partial charge in [-0.2, -0.15) is 0 Å². The summed E-state index contributed by atoms with van der Waals surface area (Å²) in [7, 11) is 0. The summed E-state index contributed by atoms with van der Waals surface area (Å²) >= 11 is 7.29. The van der Waals surface area contributed by atoms with Crippen molar-refractivity contribution in [1.29, 1.82) is 0 Å². The van der Waals surface area contributed by atoms with Gasteiger partial charge in [-0.05, 0) is 31.2 Å². The zero-order chi connectivity index (χ0) is 14.4. The van der Waals surface area contributed by atoms with Crippen LogP contribution in [0.2, 0.25) is 0 Å². The lowest BCUT2D eigenvalue weighted by Crippen LogP contribution is -2.18. The van der Waals surface area contributed by atoms with E-state index in [1.807, 2.05) is 36.6 Å². The number of aromatic nitrogens is 1. The first-order valence-electron chi connectivity index (χ1n) is 6.21. The number of halogens is 1. The third-order valence-corrected chi connectivity index (χ3v) is 3.76. The van der Waals surface area contributed by atoms with E-state index in [9.17, 15) is 4.79 Å². The summed E-state index contributed by atoms with van der Waals surface area (Å²) in [5.74, 6) is 0.264. The summed E-state index contributed by atoms with van der Waals surface area (Å²) in [6.07, 6.45) is 0. The van der Waals surface area contributed by atoms with Crippen molar-refractivity contribution in [3.8, 4) is 10.6 Å². The van der Waals surface area contributed by atoms with Crippen molar-refractivity contribution in [2.45, 2.75) is 12.8 Å². The number of carbonyl (C=O) groups excluding carboxylic acids is 1. The lowest BCUT2D eigenvalue weighted by atomic mass is 10.2. The summed E-state index contributed by atoms with van der Waals surface area (Å²) < 4.78 is 5.04. The molecule has 0 bridgehead atoms. The van der Waals surface area contributed by atoms with Crippen molar-refractivity contribution < 1.29 is 9.53 Å². The Morgan fingerprint density at radius 3 is 2.75 bits per heavy atom. The SMILES string of the molecule is CCOCC(=O)Nc1ccc(-c2nc(CCl)cs2)cc1. The van der Waals surface area contributed by atoms with Crippen molar-refractivity contribution in [2.75, 3.05) is 18.5 Å². The first kappa shape index (κ1) is 15.0. The zero-order valence-corrected chi connectivity index (χ0v) is 12.6. The van der Waals surface area contributed by atoms with Crippen LogP contribution < -0.4 is 5.32 Å². The quantitative estimate of drug-likeness (QED) is 0.830. The molecule has 2 aromatic rings. The molecular formula is C14H15ClN2O2S. The minimum Gasteiger partial charge on any atom is -0.372 e. The summed E-state index contributed by atoms with van der Waals surface area (Å²) in [5, 5.41) is 5.64. The van der Waals surface area contributed by atoms with Crippen LogP contribution in [0, 0.1) is 0 Å². The molecule has 20 heavy (non-hydrogen) atoms.